The molecule has 0 rings (SSSR count). The number of rotatable bonds is 6. The van der Waals surface area contributed by atoms with Gasteiger partial charge in [-0.25, -0.2) is 0 Å². The fourth-order valence-electron chi connectivity index (χ4n) is 1.32. The van der Waals surface area contributed by atoms with Crippen LogP contribution >= 0.6 is 0 Å². The van der Waals surface area contributed by atoms with Crippen molar-refractivity contribution in [3.8, 4) is 0 Å². The summed E-state index contributed by atoms with van der Waals surface area (Å²) in [6.45, 7) is 5.96. The third-order valence-electron chi connectivity index (χ3n) is 2.24. The summed E-state index contributed by atoms with van der Waals surface area (Å²) >= 11 is 0. The minimum absolute atomic E-state index is 0.231. The Morgan fingerprint density at radius 2 is 1.92 bits per heavy atom. The number of hydrogen-bond acceptors (Lipinski definition) is 2. The fraction of sp³-hybridized carbons (Fsp3) is 0.900. The van der Waals surface area contributed by atoms with Gasteiger partial charge in [-0.05, 0) is 19.8 Å². The van der Waals surface area contributed by atoms with E-state index >= 15 is 0 Å². The van der Waals surface area contributed by atoms with Gasteiger partial charge in [0.2, 0.25) is 0 Å². The zero-order valence-electron chi connectivity index (χ0n) is 8.64. The second kappa shape index (κ2) is 5.31. The predicted molar refractivity (Wildman–Crippen MR) is 50.2 cm³/mol. The second-order valence-corrected chi connectivity index (χ2v) is 3.36. The highest BCUT2D eigenvalue weighted by atomic mass is 16.5. The first kappa shape index (κ1) is 11.6. The van der Waals surface area contributed by atoms with Gasteiger partial charge < -0.3 is 4.74 Å². The minimum atomic E-state index is -0.537. The summed E-state index contributed by atoms with van der Waals surface area (Å²) in [6, 6.07) is 0. The Morgan fingerprint density at radius 3 is 2.25 bits per heavy atom. The van der Waals surface area contributed by atoms with Gasteiger partial charge in [-0.15, -0.1) is 0 Å². The quantitative estimate of drug-likeness (QED) is 0.615. The van der Waals surface area contributed by atoms with E-state index in [2.05, 4.69) is 6.92 Å². The first-order chi connectivity index (χ1) is 5.60. The molecule has 1 atom stereocenters. The first-order valence-electron chi connectivity index (χ1n) is 4.69. The normalized spacial score (nSPS) is 15.7. The number of methoxy groups -OCH3 is 1. The second-order valence-electron chi connectivity index (χ2n) is 3.36. The van der Waals surface area contributed by atoms with Crippen LogP contribution in [0.15, 0.2) is 0 Å². The molecule has 0 fully saturated rings. The van der Waals surface area contributed by atoms with Gasteiger partial charge in [-0.1, -0.05) is 20.3 Å². The summed E-state index contributed by atoms with van der Waals surface area (Å²) in [5.74, 6) is 0.231. The van der Waals surface area contributed by atoms with Crippen molar-refractivity contribution in [3.05, 3.63) is 0 Å². The van der Waals surface area contributed by atoms with Crippen LogP contribution in [-0.2, 0) is 9.53 Å². The van der Waals surface area contributed by atoms with Crippen molar-refractivity contribution in [3.63, 3.8) is 0 Å². The van der Waals surface area contributed by atoms with Crippen molar-refractivity contribution in [1.29, 1.82) is 0 Å². The molecule has 2 nitrogen and oxygen atoms in total. The summed E-state index contributed by atoms with van der Waals surface area (Å²) in [7, 11) is 1.61. The molecule has 0 aliphatic rings. The van der Waals surface area contributed by atoms with E-state index in [-0.39, 0.29) is 5.78 Å². The molecule has 0 aliphatic carbocycles. The van der Waals surface area contributed by atoms with E-state index in [1.54, 1.807) is 7.11 Å². The summed E-state index contributed by atoms with van der Waals surface area (Å²) in [5, 5.41) is 0. The third kappa shape index (κ3) is 2.94. The van der Waals surface area contributed by atoms with Crippen LogP contribution in [0, 0.1) is 0 Å². The van der Waals surface area contributed by atoms with Gasteiger partial charge in [0.15, 0.2) is 5.78 Å². The molecule has 12 heavy (non-hydrogen) atoms. The van der Waals surface area contributed by atoms with Gasteiger partial charge in [0, 0.05) is 13.5 Å². The van der Waals surface area contributed by atoms with Crippen LogP contribution in [0.25, 0.3) is 0 Å². The van der Waals surface area contributed by atoms with Crippen molar-refractivity contribution < 1.29 is 9.53 Å². The van der Waals surface area contributed by atoms with Crippen LogP contribution in [0.3, 0.4) is 0 Å². The number of carbonyl (C=O) groups is 1. The molecule has 1 unspecified atom stereocenters. The zero-order valence-corrected chi connectivity index (χ0v) is 8.64. The summed E-state index contributed by atoms with van der Waals surface area (Å²) in [4.78, 5) is 11.6. The van der Waals surface area contributed by atoms with Crippen LogP contribution in [-0.4, -0.2) is 18.5 Å². The topological polar surface area (TPSA) is 26.3 Å². The number of ether oxygens (including phenoxy) is 1. The number of ketones is 1. The highest BCUT2D eigenvalue weighted by Crippen LogP contribution is 2.20. The van der Waals surface area contributed by atoms with Crippen molar-refractivity contribution in [1.82, 2.24) is 0 Å². The molecule has 0 N–H and O–H groups in total. The maximum absolute atomic E-state index is 11.6. The van der Waals surface area contributed by atoms with E-state index in [1.807, 2.05) is 13.8 Å². The molecule has 72 valence electrons. The summed E-state index contributed by atoms with van der Waals surface area (Å²) < 4.78 is 5.24. The predicted octanol–water partition coefficient (Wildman–Crippen LogP) is 2.56. The van der Waals surface area contributed by atoms with Crippen LogP contribution in [0.1, 0.15) is 46.5 Å². The number of Topliss-reactive ketones (excluding diaryl/α,β-unsaturated/α-hetero) is 1. The molecule has 0 aromatic carbocycles. The highest BCUT2D eigenvalue weighted by molar-refractivity contribution is 5.86. The van der Waals surface area contributed by atoms with Crippen molar-refractivity contribution in [2.75, 3.05) is 7.11 Å². The fourth-order valence-corrected chi connectivity index (χ4v) is 1.32. The Bertz CT molecular complexity index is 143. The number of carbonyl (C=O) groups excluding carboxylic acids is 1. The van der Waals surface area contributed by atoms with E-state index in [9.17, 15) is 4.79 Å². The average Bonchev–Trinajstić information content (AvgIpc) is 2.05. The standard InChI is InChI=1S/C10H20O2/c1-5-7-9(11)10(3,12-4)8-6-2/h5-8H2,1-4H3. The average molecular weight is 172 g/mol. The lowest BCUT2D eigenvalue weighted by Gasteiger charge is -2.25. The largest absolute Gasteiger partial charge is 0.371 e. The monoisotopic (exact) mass is 172 g/mol. The molecule has 0 spiro atoms. The molecule has 0 aromatic heterocycles. The third-order valence-corrected chi connectivity index (χ3v) is 2.24. The van der Waals surface area contributed by atoms with E-state index in [1.165, 1.54) is 0 Å². The summed E-state index contributed by atoms with van der Waals surface area (Å²) in [5.41, 5.74) is -0.537. The maximum Gasteiger partial charge on any atom is 0.164 e. The molecule has 0 amide bonds. The Labute approximate surface area is 75.3 Å². The molecule has 2 heteroatoms. The van der Waals surface area contributed by atoms with Crippen molar-refractivity contribution in [2.45, 2.75) is 52.1 Å². The highest BCUT2D eigenvalue weighted by Gasteiger charge is 2.30. The van der Waals surface area contributed by atoms with E-state index < -0.39 is 5.60 Å². The Hall–Kier alpha value is -0.370. The van der Waals surface area contributed by atoms with Crippen molar-refractivity contribution in [2.24, 2.45) is 0 Å². The lowest BCUT2D eigenvalue weighted by Crippen LogP contribution is -2.37. The molecular formula is C10H20O2. The van der Waals surface area contributed by atoms with Crippen LogP contribution in [0.5, 0.6) is 0 Å². The van der Waals surface area contributed by atoms with E-state index in [0.717, 1.165) is 19.3 Å². The van der Waals surface area contributed by atoms with Gasteiger partial charge in [-0.3, -0.25) is 4.79 Å². The van der Waals surface area contributed by atoms with Gasteiger partial charge in [0.25, 0.3) is 0 Å². The van der Waals surface area contributed by atoms with Crippen LogP contribution in [0.2, 0.25) is 0 Å². The Morgan fingerprint density at radius 1 is 1.33 bits per heavy atom. The SMILES string of the molecule is CCCC(=O)C(C)(CCC)OC. The van der Waals surface area contributed by atoms with Crippen molar-refractivity contribution >= 4 is 5.78 Å². The van der Waals surface area contributed by atoms with Gasteiger partial charge in [0.1, 0.15) is 5.60 Å². The smallest absolute Gasteiger partial charge is 0.164 e. The van der Waals surface area contributed by atoms with Gasteiger partial charge in [0.05, 0.1) is 0 Å². The Balaban J connectivity index is 4.18. The molecule has 0 heterocycles. The van der Waals surface area contributed by atoms with Gasteiger partial charge >= 0.3 is 0 Å². The molecule has 0 aliphatic heterocycles. The lowest BCUT2D eigenvalue weighted by molar-refractivity contribution is -0.139. The molecule has 0 bridgehead atoms. The Kier molecular flexibility index (Phi) is 5.14. The molecule has 0 radical (unpaired) electrons. The molecule has 0 saturated carbocycles. The van der Waals surface area contributed by atoms with E-state index in [0.29, 0.717) is 6.42 Å². The molecule has 0 saturated heterocycles. The first-order valence-corrected chi connectivity index (χ1v) is 4.69. The minimum Gasteiger partial charge on any atom is -0.371 e. The maximum atomic E-state index is 11.6. The lowest BCUT2D eigenvalue weighted by atomic mass is 9.92. The van der Waals surface area contributed by atoms with Crippen LogP contribution < -0.4 is 0 Å². The number of hydrogen-bond donors (Lipinski definition) is 0. The van der Waals surface area contributed by atoms with Gasteiger partial charge in [-0.2, -0.15) is 0 Å². The zero-order chi connectivity index (χ0) is 9.61. The summed E-state index contributed by atoms with van der Waals surface area (Å²) in [6.07, 6.45) is 3.34. The van der Waals surface area contributed by atoms with E-state index in [4.69, 9.17) is 4.74 Å². The molecular weight excluding hydrogens is 152 g/mol. The van der Waals surface area contributed by atoms with Crippen LogP contribution in [0.4, 0.5) is 0 Å². The molecule has 0 aromatic rings.